The molecule has 0 spiro atoms. The van der Waals surface area contributed by atoms with Crippen LogP contribution < -0.4 is 20.9 Å². The highest BCUT2D eigenvalue weighted by Crippen LogP contribution is 2.43. The second-order valence-electron chi connectivity index (χ2n) is 12.7. The molecule has 0 nitrogen and oxygen atoms in total. The lowest BCUT2D eigenvalue weighted by molar-refractivity contribution is 1.51. The minimum Gasteiger partial charge on any atom is -0.0990 e. The number of benzene rings is 8. The Labute approximate surface area is 287 Å². The number of fused-ring (bicyclic) bond motifs is 4. The van der Waals surface area contributed by atoms with Crippen molar-refractivity contribution in [1.29, 1.82) is 0 Å². The van der Waals surface area contributed by atoms with Crippen LogP contribution in [0.4, 0.5) is 0 Å². The number of hydrogen-bond donors (Lipinski definition) is 0. The van der Waals surface area contributed by atoms with Crippen LogP contribution in [0.15, 0.2) is 146 Å². The highest BCUT2D eigenvalue weighted by atomic mass is 14.2. The van der Waals surface area contributed by atoms with Crippen LogP contribution in [0.25, 0.3) is 101 Å². The van der Waals surface area contributed by atoms with E-state index in [1.54, 1.807) is 0 Å². The largest absolute Gasteiger partial charge is 0.0990 e. The third kappa shape index (κ3) is 5.09. The molecule has 0 amide bonds. The van der Waals surface area contributed by atoms with Gasteiger partial charge in [0.15, 0.2) is 0 Å². The molecule has 0 unspecified atom stereocenters. The van der Waals surface area contributed by atoms with Gasteiger partial charge in [-0.05, 0) is 142 Å². The number of allylic oxidation sites excluding steroid dienone is 1. The summed E-state index contributed by atoms with van der Waals surface area (Å²) in [7, 11) is 0. The van der Waals surface area contributed by atoms with E-state index in [1.807, 2.05) is 6.08 Å². The average Bonchev–Trinajstić information content (AvgIpc) is 3.15. The maximum Gasteiger partial charge on any atom is -0.00261 e. The van der Waals surface area contributed by atoms with E-state index in [0.29, 0.717) is 0 Å². The predicted molar refractivity (Wildman–Crippen MR) is 216 cm³/mol. The van der Waals surface area contributed by atoms with Gasteiger partial charge in [-0.15, -0.1) is 0 Å². The minimum absolute atomic E-state index is 1.18. The van der Waals surface area contributed by atoms with E-state index in [1.165, 1.54) is 97.3 Å². The molecular weight excluding hydrogens is 589 g/mol. The van der Waals surface area contributed by atoms with Crippen molar-refractivity contribution in [3.63, 3.8) is 0 Å². The molecule has 0 atom stereocenters. The zero-order valence-corrected chi connectivity index (χ0v) is 28.3. The smallest absolute Gasteiger partial charge is 0.00261 e. The lowest BCUT2D eigenvalue weighted by Crippen LogP contribution is -2.27. The minimum atomic E-state index is 1.18. The van der Waals surface area contributed by atoms with Crippen LogP contribution in [0.2, 0.25) is 0 Å². The van der Waals surface area contributed by atoms with Crippen molar-refractivity contribution in [2.45, 2.75) is 20.8 Å². The van der Waals surface area contributed by atoms with Crippen LogP contribution in [0.3, 0.4) is 0 Å². The first kappa shape index (κ1) is 30.4. The van der Waals surface area contributed by atoms with Crippen LogP contribution in [0, 0.1) is 0 Å². The van der Waals surface area contributed by atoms with Gasteiger partial charge in [0.25, 0.3) is 0 Å². The fraction of sp³-hybridized carbons (Fsp3) is 0.0612. The summed E-state index contributed by atoms with van der Waals surface area (Å²) in [6.45, 7) is 10.4. The Morgan fingerprint density at radius 1 is 0.408 bits per heavy atom. The van der Waals surface area contributed by atoms with Crippen molar-refractivity contribution in [2.75, 3.05) is 0 Å². The fourth-order valence-electron chi connectivity index (χ4n) is 7.83. The van der Waals surface area contributed by atoms with Gasteiger partial charge in [-0.1, -0.05) is 146 Å². The molecule has 49 heavy (non-hydrogen) atoms. The molecule has 0 aromatic heterocycles. The summed E-state index contributed by atoms with van der Waals surface area (Å²) in [6.07, 6.45) is 10.7. The monoisotopic (exact) mass is 626 g/mol. The molecule has 8 rings (SSSR count). The quantitative estimate of drug-likeness (QED) is 0.171. The van der Waals surface area contributed by atoms with Gasteiger partial charge in [-0.2, -0.15) is 0 Å². The van der Waals surface area contributed by atoms with Gasteiger partial charge in [0.1, 0.15) is 0 Å². The van der Waals surface area contributed by atoms with E-state index in [9.17, 15) is 0 Å². The van der Waals surface area contributed by atoms with Crippen molar-refractivity contribution >= 4 is 67.4 Å². The molecule has 0 aliphatic rings. The van der Waals surface area contributed by atoms with E-state index in [4.69, 9.17) is 0 Å². The first-order valence-corrected chi connectivity index (χ1v) is 17.2. The third-order valence-electron chi connectivity index (χ3n) is 10.1. The molecule has 0 saturated carbocycles. The summed E-state index contributed by atoms with van der Waals surface area (Å²) in [5.74, 6) is 0. The van der Waals surface area contributed by atoms with Gasteiger partial charge in [0, 0.05) is 0 Å². The van der Waals surface area contributed by atoms with Crippen LogP contribution in [-0.4, -0.2) is 0 Å². The Balaban J connectivity index is 1.41. The molecule has 0 aliphatic heterocycles. The Hall–Kier alpha value is -5.98. The van der Waals surface area contributed by atoms with E-state index in [2.05, 4.69) is 185 Å². The maximum atomic E-state index is 3.98. The molecule has 234 valence electrons. The first-order chi connectivity index (χ1) is 24.1. The Morgan fingerprint density at radius 3 is 1.57 bits per heavy atom. The summed E-state index contributed by atoms with van der Waals surface area (Å²) in [5, 5.41) is 15.0. The Kier molecular flexibility index (Phi) is 7.78. The van der Waals surface area contributed by atoms with Gasteiger partial charge >= 0.3 is 0 Å². The lowest BCUT2D eigenvalue weighted by atomic mass is 9.85. The molecule has 0 heterocycles. The topological polar surface area (TPSA) is 0 Å². The molecule has 0 fully saturated rings. The summed E-state index contributed by atoms with van der Waals surface area (Å²) in [6, 6.07) is 49.4. The summed E-state index contributed by atoms with van der Waals surface area (Å²) < 4.78 is 0. The third-order valence-corrected chi connectivity index (χ3v) is 10.1. The lowest BCUT2D eigenvalue weighted by Gasteiger charge is -2.18. The van der Waals surface area contributed by atoms with E-state index in [0.717, 1.165) is 0 Å². The molecular formula is C49H38. The normalized spacial score (nSPS) is 13.4. The number of rotatable bonds is 4. The van der Waals surface area contributed by atoms with Crippen LogP contribution in [0.1, 0.15) is 20.8 Å². The molecule has 8 aromatic carbocycles. The van der Waals surface area contributed by atoms with Crippen molar-refractivity contribution in [2.24, 2.45) is 0 Å². The highest BCUT2D eigenvalue weighted by Gasteiger charge is 2.17. The van der Waals surface area contributed by atoms with Crippen molar-refractivity contribution in [3.05, 3.63) is 167 Å². The summed E-state index contributed by atoms with van der Waals surface area (Å²) in [5.41, 5.74) is 7.49. The molecule has 0 N–H and O–H groups in total. The SMILES string of the molecule is C=C/C=c1/cc(-c2c3ccccc3c(-c3ccc4cc(-c5ccc6ccccc6c5)c(=C/C)/c(=C\C)c4c3)c3ccccc23)cc/c1=C/C. The van der Waals surface area contributed by atoms with Crippen LogP contribution >= 0.6 is 0 Å². The van der Waals surface area contributed by atoms with Gasteiger partial charge in [0.05, 0.1) is 0 Å². The average molecular weight is 627 g/mol. The van der Waals surface area contributed by atoms with E-state index in [-0.39, 0.29) is 0 Å². The van der Waals surface area contributed by atoms with E-state index < -0.39 is 0 Å². The predicted octanol–water partition coefficient (Wildman–Crippen LogP) is 10.7. The molecule has 8 aromatic rings. The van der Waals surface area contributed by atoms with Crippen molar-refractivity contribution in [1.82, 2.24) is 0 Å². The van der Waals surface area contributed by atoms with Gasteiger partial charge in [-0.3, -0.25) is 0 Å². The van der Waals surface area contributed by atoms with Gasteiger partial charge < -0.3 is 0 Å². The summed E-state index contributed by atoms with van der Waals surface area (Å²) >= 11 is 0. The summed E-state index contributed by atoms with van der Waals surface area (Å²) in [4.78, 5) is 0. The van der Waals surface area contributed by atoms with Crippen LogP contribution in [-0.2, 0) is 0 Å². The van der Waals surface area contributed by atoms with Gasteiger partial charge in [-0.25, -0.2) is 0 Å². The van der Waals surface area contributed by atoms with Crippen molar-refractivity contribution in [3.8, 4) is 33.4 Å². The first-order valence-electron chi connectivity index (χ1n) is 17.2. The van der Waals surface area contributed by atoms with Crippen LogP contribution in [0.5, 0.6) is 0 Å². The molecule has 0 bridgehead atoms. The zero-order valence-electron chi connectivity index (χ0n) is 28.3. The van der Waals surface area contributed by atoms with Crippen molar-refractivity contribution < 1.29 is 0 Å². The zero-order chi connectivity index (χ0) is 33.5. The molecule has 0 heteroatoms. The maximum absolute atomic E-state index is 3.98. The van der Waals surface area contributed by atoms with Gasteiger partial charge in [0.2, 0.25) is 0 Å². The molecule has 0 radical (unpaired) electrons. The Morgan fingerprint density at radius 2 is 0.959 bits per heavy atom. The van der Waals surface area contributed by atoms with E-state index >= 15 is 0 Å². The Bertz CT molecular complexity index is 2810. The second kappa shape index (κ2) is 12.6. The number of hydrogen-bond acceptors (Lipinski definition) is 0. The molecule has 0 saturated heterocycles. The standard InChI is InChI=1S/C49H38/c1-5-15-34-29-38(26-22-32(34)6-2)48-42-18-11-13-20-44(42)49(45-21-14-12-19-43(45)48)39-27-25-37-30-46(40(7-3)41(8-4)47(37)31-39)36-24-23-33-16-9-10-17-35(33)28-36/h5-31H,1H2,2-4H3/b32-6-,34-15-,40-7+,41-8+. The fourth-order valence-corrected chi connectivity index (χ4v) is 7.83. The second-order valence-corrected chi connectivity index (χ2v) is 12.7. The highest BCUT2D eigenvalue weighted by molar-refractivity contribution is 6.21. The molecule has 0 aliphatic carbocycles.